The standard InChI is InChI=1S/C24H28N2O6/c1-14(2)13-26-23(27)20(16-9-7-8-10-17(16)29-3)21(24(26)28)25-15-11-18(30-4)22(32-6)19(12-15)31-5/h7-12,14,25H,13H2,1-6H3. The summed E-state index contributed by atoms with van der Waals surface area (Å²) in [6.45, 7) is 4.21. The number of carbonyl (C=O) groups is 2. The van der Waals surface area contributed by atoms with E-state index in [4.69, 9.17) is 18.9 Å². The average Bonchev–Trinajstić information content (AvgIpc) is 3.01. The zero-order valence-corrected chi connectivity index (χ0v) is 19.1. The molecule has 0 aliphatic carbocycles. The van der Waals surface area contributed by atoms with Crippen molar-refractivity contribution in [1.82, 2.24) is 4.90 Å². The van der Waals surface area contributed by atoms with E-state index in [2.05, 4.69) is 5.32 Å². The van der Waals surface area contributed by atoms with Gasteiger partial charge in [-0.05, 0) is 12.0 Å². The highest BCUT2D eigenvalue weighted by Gasteiger charge is 2.40. The predicted octanol–water partition coefficient (Wildman–Crippen LogP) is 3.57. The molecule has 0 saturated heterocycles. The van der Waals surface area contributed by atoms with Crippen LogP contribution in [0.1, 0.15) is 19.4 Å². The van der Waals surface area contributed by atoms with Crippen molar-refractivity contribution >= 4 is 23.1 Å². The second-order valence-corrected chi connectivity index (χ2v) is 7.60. The van der Waals surface area contributed by atoms with Gasteiger partial charge in [0.25, 0.3) is 11.8 Å². The van der Waals surface area contributed by atoms with Crippen LogP contribution >= 0.6 is 0 Å². The first-order valence-corrected chi connectivity index (χ1v) is 10.2. The first-order valence-electron chi connectivity index (χ1n) is 10.2. The van der Waals surface area contributed by atoms with Gasteiger partial charge in [0.1, 0.15) is 11.4 Å². The van der Waals surface area contributed by atoms with Crippen LogP contribution in [0.2, 0.25) is 0 Å². The minimum Gasteiger partial charge on any atom is -0.496 e. The Labute approximate surface area is 187 Å². The number of nitrogens with zero attached hydrogens (tertiary/aromatic N) is 1. The zero-order chi connectivity index (χ0) is 23.4. The third-order valence-electron chi connectivity index (χ3n) is 5.03. The van der Waals surface area contributed by atoms with Crippen LogP contribution in [0.25, 0.3) is 5.57 Å². The highest BCUT2D eigenvalue weighted by Crippen LogP contribution is 2.42. The van der Waals surface area contributed by atoms with Crippen LogP contribution < -0.4 is 24.3 Å². The normalized spacial score (nSPS) is 13.7. The number of amides is 2. The van der Waals surface area contributed by atoms with Gasteiger partial charge in [-0.25, -0.2) is 0 Å². The summed E-state index contributed by atoms with van der Waals surface area (Å²) in [5.41, 5.74) is 1.46. The Morgan fingerprint density at radius 2 is 1.44 bits per heavy atom. The van der Waals surface area contributed by atoms with Crippen LogP contribution in [0.15, 0.2) is 42.1 Å². The third kappa shape index (κ3) is 4.21. The fraction of sp³-hybridized carbons (Fsp3) is 0.333. The van der Waals surface area contributed by atoms with Crippen LogP contribution in [-0.2, 0) is 9.59 Å². The molecule has 2 aromatic rings. The smallest absolute Gasteiger partial charge is 0.278 e. The minimum absolute atomic E-state index is 0.113. The van der Waals surface area contributed by atoms with E-state index in [1.807, 2.05) is 19.9 Å². The Morgan fingerprint density at radius 1 is 0.844 bits per heavy atom. The molecule has 170 valence electrons. The summed E-state index contributed by atoms with van der Waals surface area (Å²) in [4.78, 5) is 27.9. The maximum absolute atomic E-state index is 13.3. The highest BCUT2D eigenvalue weighted by molar-refractivity contribution is 6.37. The lowest BCUT2D eigenvalue weighted by Crippen LogP contribution is -2.35. The SMILES string of the molecule is COc1ccccc1C1=C(Nc2cc(OC)c(OC)c(OC)c2)C(=O)N(CC(C)C)C1=O. The molecule has 3 rings (SSSR count). The molecule has 2 aromatic carbocycles. The first-order chi connectivity index (χ1) is 15.4. The van der Waals surface area contributed by atoms with Gasteiger partial charge in [0, 0.05) is 29.9 Å². The second-order valence-electron chi connectivity index (χ2n) is 7.60. The van der Waals surface area contributed by atoms with E-state index in [1.54, 1.807) is 30.3 Å². The minimum atomic E-state index is -0.404. The maximum Gasteiger partial charge on any atom is 0.278 e. The van der Waals surface area contributed by atoms with Crippen molar-refractivity contribution in [2.24, 2.45) is 5.92 Å². The molecule has 0 fully saturated rings. The van der Waals surface area contributed by atoms with Crippen LogP contribution in [0.3, 0.4) is 0 Å². The molecule has 1 N–H and O–H groups in total. The third-order valence-corrected chi connectivity index (χ3v) is 5.03. The molecule has 1 aliphatic rings. The summed E-state index contributed by atoms with van der Waals surface area (Å²) >= 11 is 0. The molecule has 1 aliphatic heterocycles. The summed E-state index contributed by atoms with van der Waals surface area (Å²) in [6, 6.07) is 10.5. The van der Waals surface area contributed by atoms with Crippen molar-refractivity contribution in [2.45, 2.75) is 13.8 Å². The molecule has 0 unspecified atom stereocenters. The van der Waals surface area contributed by atoms with Gasteiger partial charge in [-0.2, -0.15) is 0 Å². The van der Waals surface area contributed by atoms with Crippen LogP contribution in [-0.4, -0.2) is 51.7 Å². The summed E-state index contributed by atoms with van der Waals surface area (Å²) in [7, 11) is 6.06. The van der Waals surface area contributed by atoms with Gasteiger partial charge in [0.05, 0.1) is 34.0 Å². The van der Waals surface area contributed by atoms with E-state index in [0.29, 0.717) is 40.8 Å². The number of carbonyl (C=O) groups excluding carboxylic acids is 2. The van der Waals surface area contributed by atoms with Gasteiger partial charge >= 0.3 is 0 Å². The fourth-order valence-electron chi connectivity index (χ4n) is 3.62. The first kappa shape index (κ1) is 23.0. The monoisotopic (exact) mass is 440 g/mol. The van der Waals surface area contributed by atoms with Crippen LogP contribution in [0.5, 0.6) is 23.0 Å². The molecular weight excluding hydrogens is 412 g/mol. The molecule has 0 aromatic heterocycles. The number of nitrogens with one attached hydrogen (secondary N) is 1. The number of ether oxygens (including phenoxy) is 4. The average molecular weight is 440 g/mol. The Bertz CT molecular complexity index is 1040. The Kier molecular flexibility index (Phi) is 6.92. The van der Waals surface area contributed by atoms with Crippen molar-refractivity contribution in [2.75, 3.05) is 40.3 Å². The number of hydrogen-bond acceptors (Lipinski definition) is 7. The maximum atomic E-state index is 13.3. The van der Waals surface area contributed by atoms with Gasteiger partial charge in [-0.15, -0.1) is 0 Å². The molecule has 0 saturated carbocycles. The number of hydrogen-bond donors (Lipinski definition) is 1. The molecule has 1 heterocycles. The van der Waals surface area contributed by atoms with Crippen molar-refractivity contribution < 1.29 is 28.5 Å². The van der Waals surface area contributed by atoms with Gasteiger partial charge < -0.3 is 24.3 Å². The molecule has 0 bridgehead atoms. The Hall–Kier alpha value is -3.68. The molecule has 32 heavy (non-hydrogen) atoms. The van der Waals surface area contributed by atoms with Crippen molar-refractivity contribution in [3.8, 4) is 23.0 Å². The second kappa shape index (κ2) is 9.64. The number of benzene rings is 2. The predicted molar refractivity (Wildman–Crippen MR) is 121 cm³/mol. The lowest BCUT2D eigenvalue weighted by atomic mass is 10.0. The summed E-state index contributed by atoms with van der Waals surface area (Å²) in [6.07, 6.45) is 0. The van der Waals surface area contributed by atoms with Crippen molar-refractivity contribution in [3.05, 3.63) is 47.7 Å². The van der Waals surface area contributed by atoms with Crippen LogP contribution in [0.4, 0.5) is 5.69 Å². The van der Waals surface area contributed by atoms with E-state index in [-0.39, 0.29) is 23.1 Å². The number of anilines is 1. The van der Waals surface area contributed by atoms with Gasteiger partial charge in [-0.3, -0.25) is 14.5 Å². The largest absolute Gasteiger partial charge is 0.496 e. The zero-order valence-electron chi connectivity index (χ0n) is 19.1. The Morgan fingerprint density at radius 3 is 1.97 bits per heavy atom. The van der Waals surface area contributed by atoms with Gasteiger partial charge in [-0.1, -0.05) is 32.0 Å². The molecule has 0 atom stereocenters. The number of methoxy groups -OCH3 is 4. The number of para-hydroxylation sites is 1. The van der Waals surface area contributed by atoms with Gasteiger partial charge in [0.15, 0.2) is 11.5 Å². The number of imide groups is 1. The van der Waals surface area contributed by atoms with Crippen molar-refractivity contribution in [3.63, 3.8) is 0 Å². The lowest BCUT2D eigenvalue weighted by molar-refractivity contribution is -0.137. The Balaban J connectivity index is 2.16. The van der Waals surface area contributed by atoms with Crippen molar-refractivity contribution in [1.29, 1.82) is 0 Å². The van der Waals surface area contributed by atoms with E-state index in [9.17, 15) is 9.59 Å². The molecule has 0 spiro atoms. The van der Waals surface area contributed by atoms with E-state index >= 15 is 0 Å². The summed E-state index contributed by atoms with van der Waals surface area (Å²) in [5.74, 6) is 1.10. The van der Waals surface area contributed by atoms with Crippen LogP contribution in [0, 0.1) is 5.92 Å². The number of rotatable bonds is 9. The molecule has 0 radical (unpaired) electrons. The fourth-order valence-corrected chi connectivity index (χ4v) is 3.62. The lowest BCUT2D eigenvalue weighted by Gasteiger charge is -2.18. The quantitative estimate of drug-likeness (QED) is 0.597. The summed E-state index contributed by atoms with van der Waals surface area (Å²) in [5, 5.41) is 3.12. The van der Waals surface area contributed by atoms with E-state index < -0.39 is 5.91 Å². The highest BCUT2D eigenvalue weighted by atomic mass is 16.5. The molecule has 8 nitrogen and oxygen atoms in total. The van der Waals surface area contributed by atoms with E-state index in [0.717, 1.165) is 0 Å². The van der Waals surface area contributed by atoms with E-state index in [1.165, 1.54) is 33.3 Å². The molecule has 2 amide bonds. The summed E-state index contributed by atoms with van der Waals surface area (Å²) < 4.78 is 21.6. The van der Waals surface area contributed by atoms with Gasteiger partial charge in [0.2, 0.25) is 5.75 Å². The molecular formula is C24H28N2O6. The molecule has 8 heteroatoms. The topological polar surface area (TPSA) is 86.3 Å².